The molecule has 0 radical (unpaired) electrons. The van der Waals surface area contributed by atoms with Gasteiger partial charge in [0.05, 0.1) is 24.8 Å². The first kappa shape index (κ1) is 27.3. The van der Waals surface area contributed by atoms with E-state index in [1.54, 1.807) is 6.33 Å². The van der Waals surface area contributed by atoms with E-state index in [1.165, 1.54) is 32.6 Å². The summed E-state index contributed by atoms with van der Waals surface area (Å²) in [7, 11) is -1.37. The molecule has 4 heteroatoms. The lowest BCUT2D eigenvalue weighted by Gasteiger charge is -2.23. The maximum Gasteiger partial charge on any atom is 0.116 e. The van der Waals surface area contributed by atoms with E-state index in [2.05, 4.69) is 154 Å². The maximum atomic E-state index is 4.97. The monoisotopic (exact) mass is 575 g/mol. The molecule has 0 aliphatic carbocycles. The molecule has 5 aromatic carbocycles. The van der Waals surface area contributed by atoms with Gasteiger partial charge in [0.2, 0.25) is 0 Å². The molecular weight excluding hydrogens is 539 g/mol. The summed E-state index contributed by atoms with van der Waals surface area (Å²) in [4.78, 5) is 9.86. The summed E-state index contributed by atoms with van der Waals surface area (Å²) >= 11 is 0. The van der Waals surface area contributed by atoms with Crippen molar-refractivity contribution in [1.29, 1.82) is 0 Å². The van der Waals surface area contributed by atoms with Crippen molar-refractivity contribution in [2.45, 2.75) is 45.8 Å². The van der Waals surface area contributed by atoms with Gasteiger partial charge in [-0.15, -0.1) is 0 Å². The van der Waals surface area contributed by atoms with Gasteiger partial charge in [-0.2, -0.15) is 0 Å². The van der Waals surface area contributed by atoms with Gasteiger partial charge >= 0.3 is 0 Å². The van der Waals surface area contributed by atoms with E-state index in [4.69, 9.17) is 9.97 Å². The number of rotatable bonds is 4. The zero-order valence-corrected chi connectivity index (χ0v) is 26.8. The molecule has 2 aromatic heterocycles. The van der Waals surface area contributed by atoms with E-state index in [0.29, 0.717) is 0 Å². The molecule has 0 spiro atoms. The van der Waals surface area contributed by atoms with Crippen molar-refractivity contribution < 1.29 is 0 Å². The second kappa shape index (κ2) is 10.0. The van der Waals surface area contributed by atoms with Gasteiger partial charge in [-0.3, -0.25) is 0 Å². The number of fused-ring (bicyclic) bond motifs is 4. The van der Waals surface area contributed by atoms with E-state index in [9.17, 15) is 0 Å². The standard InChI is InChI=1S/C39H37N3Si/c1-39(2,3)34-23-29(22-28-12-10-11-15-32(28)34)36-38-37(41-25-40-36)33-21-18-27(26-16-19-31(20-17-26)43(4,5)6)24-35(33)42(38)30-13-8-7-9-14-30/h7-25H,1-6H3. The highest BCUT2D eigenvalue weighted by Crippen LogP contribution is 2.40. The Kier molecular flexibility index (Phi) is 6.37. The minimum Gasteiger partial charge on any atom is -0.306 e. The Labute approximate surface area is 254 Å². The van der Waals surface area contributed by atoms with Crippen LogP contribution < -0.4 is 5.19 Å². The van der Waals surface area contributed by atoms with Gasteiger partial charge < -0.3 is 4.57 Å². The molecule has 0 atom stereocenters. The number of nitrogens with zero attached hydrogens (tertiary/aromatic N) is 3. The quantitative estimate of drug-likeness (QED) is 0.196. The summed E-state index contributed by atoms with van der Waals surface area (Å²) in [6.45, 7) is 14.0. The van der Waals surface area contributed by atoms with E-state index < -0.39 is 8.07 Å². The lowest BCUT2D eigenvalue weighted by Crippen LogP contribution is -2.37. The summed E-state index contributed by atoms with van der Waals surface area (Å²) < 4.78 is 2.35. The van der Waals surface area contributed by atoms with Crippen LogP contribution in [0.2, 0.25) is 19.6 Å². The lowest BCUT2D eigenvalue weighted by molar-refractivity contribution is 0.596. The van der Waals surface area contributed by atoms with Gasteiger partial charge in [0.25, 0.3) is 0 Å². The molecule has 0 fully saturated rings. The molecule has 212 valence electrons. The van der Waals surface area contributed by atoms with E-state index in [1.807, 2.05) is 0 Å². The molecule has 0 unspecified atom stereocenters. The normalized spacial score (nSPS) is 12.4. The van der Waals surface area contributed by atoms with Crippen molar-refractivity contribution in [3.63, 3.8) is 0 Å². The zero-order valence-electron chi connectivity index (χ0n) is 25.8. The Morgan fingerprint density at radius 2 is 1.33 bits per heavy atom. The fourth-order valence-electron chi connectivity index (χ4n) is 6.29. The Balaban J connectivity index is 1.53. The number of benzene rings is 5. The molecule has 43 heavy (non-hydrogen) atoms. The Morgan fingerprint density at radius 1 is 0.628 bits per heavy atom. The van der Waals surface area contributed by atoms with Crippen LogP contribution in [-0.2, 0) is 5.41 Å². The lowest BCUT2D eigenvalue weighted by atomic mass is 9.82. The number of para-hydroxylation sites is 1. The van der Waals surface area contributed by atoms with Crippen LogP contribution in [0.25, 0.3) is 60.8 Å². The predicted molar refractivity (Wildman–Crippen MR) is 186 cm³/mol. The highest BCUT2D eigenvalue weighted by molar-refractivity contribution is 6.88. The third kappa shape index (κ3) is 4.76. The van der Waals surface area contributed by atoms with Crippen molar-refractivity contribution in [2.75, 3.05) is 0 Å². The first-order valence-corrected chi connectivity index (χ1v) is 18.6. The Bertz CT molecular complexity index is 2130. The molecule has 0 N–H and O–H groups in total. The zero-order chi connectivity index (χ0) is 29.9. The Hall–Kier alpha value is -4.54. The molecule has 3 nitrogen and oxygen atoms in total. The minimum atomic E-state index is -1.37. The minimum absolute atomic E-state index is 0.0200. The van der Waals surface area contributed by atoms with E-state index >= 15 is 0 Å². The molecule has 2 heterocycles. The Morgan fingerprint density at radius 3 is 2.05 bits per heavy atom. The number of hydrogen-bond donors (Lipinski definition) is 0. The number of aromatic nitrogens is 3. The third-order valence-corrected chi connectivity index (χ3v) is 10.6. The van der Waals surface area contributed by atoms with Crippen molar-refractivity contribution in [2.24, 2.45) is 0 Å². The maximum absolute atomic E-state index is 4.97. The average molecular weight is 576 g/mol. The molecule has 0 amide bonds. The first-order valence-electron chi connectivity index (χ1n) is 15.1. The van der Waals surface area contributed by atoms with Crippen LogP contribution in [0.15, 0.2) is 116 Å². The molecule has 7 aromatic rings. The highest BCUT2D eigenvalue weighted by atomic mass is 28.3. The van der Waals surface area contributed by atoms with Gasteiger partial charge in [-0.1, -0.05) is 118 Å². The second-order valence-electron chi connectivity index (χ2n) is 13.6. The third-order valence-electron chi connectivity index (χ3n) is 8.58. The van der Waals surface area contributed by atoms with Gasteiger partial charge in [0.15, 0.2) is 0 Å². The molecule has 7 rings (SSSR count). The SMILES string of the molecule is CC(C)(C)c1cc(-c2ncnc3c4ccc(-c5ccc([Si](C)(C)C)cc5)cc4n(-c4ccccc4)c23)cc2ccccc12. The van der Waals surface area contributed by atoms with Gasteiger partial charge in [0, 0.05) is 16.6 Å². The van der Waals surface area contributed by atoms with Crippen LogP contribution >= 0.6 is 0 Å². The fourth-order valence-corrected chi connectivity index (χ4v) is 7.46. The van der Waals surface area contributed by atoms with Gasteiger partial charge in [0.1, 0.15) is 11.8 Å². The summed E-state index contributed by atoms with van der Waals surface area (Å²) in [5, 5.41) is 5.11. The smallest absolute Gasteiger partial charge is 0.116 e. The highest BCUT2D eigenvalue weighted by Gasteiger charge is 2.23. The van der Waals surface area contributed by atoms with Crippen molar-refractivity contribution >= 4 is 46.0 Å². The van der Waals surface area contributed by atoms with Gasteiger partial charge in [-0.25, -0.2) is 9.97 Å². The predicted octanol–water partition coefficient (Wildman–Crippen LogP) is 9.90. The topological polar surface area (TPSA) is 30.7 Å². The van der Waals surface area contributed by atoms with E-state index in [0.717, 1.165) is 38.9 Å². The molecule has 0 saturated heterocycles. The summed E-state index contributed by atoms with van der Waals surface area (Å²) in [6.07, 6.45) is 1.72. The summed E-state index contributed by atoms with van der Waals surface area (Å²) in [6, 6.07) is 39.9. The van der Waals surface area contributed by atoms with Gasteiger partial charge in [-0.05, 0) is 69.3 Å². The molecule has 0 aliphatic heterocycles. The van der Waals surface area contributed by atoms with Crippen LogP contribution in [0.1, 0.15) is 26.3 Å². The summed E-state index contributed by atoms with van der Waals surface area (Å²) in [5.74, 6) is 0. The number of hydrogen-bond acceptors (Lipinski definition) is 2. The van der Waals surface area contributed by atoms with Crippen molar-refractivity contribution in [1.82, 2.24) is 14.5 Å². The van der Waals surface area contributed by atoms with Crippen LogP contribution in [0.3, 0.4) is 0 Å². The van der Waals surface area contributed by atoms with Crippen molar-refractivity contribution in [3.8, 4) is 28.1 Å². The molecule has 0 aliphatic rings. The van der Waals surface area contributed by atoms with Crippen LogP contribution in [0, 0.1) is 0 Å². The largest absolute Gasteiger partial charge is 0.306 e. The van der Waals surface area contributed by atoms with Crippen LogP contribution in [0.5, 0.6) is 0 Å². The second-order valence-corrected chi connectivity index (χ2v) is 18.7. The molecule has 0 bridgehead atoms. The van der Waals surface area contributed by atoms with Crippen LogP contribution in [0.4, 0.5) is 0 Å². The molecular formula is C39H37N3Si. The average Bonchev–Trinajstić information content (AvgIpc) is 3.34. The summed E-state index contributed by atoms with van der Waals surface area (Å²) in [5.41, 5.74) is 10.0. The van der Waals surface area contributed by atoms with E-state index in [-0.39, 0.29) is 5.41 Å². The molecule has 0 saturated carbocycles. The fraction of sp³-hybridized carbons (Fsp3) is 0.179. The van der Waals surface area contributed by atoms with Crippen LogP contribution in [-0.4, -0.2) is 22.6 Å². The van der Waals surface area contributed by atoms with Crippen molar-refractivity contribution in [3.05, 3.63) is 121 Å². The first-order chi connectivity index (χ1) is 20.6.